The van der Waals surface area contributed by atoms with Crippen LogP contribution in [-0.4, -0.2) is 43.8 Å². The van der Waals surface area contributed by atoms with Crippen LogP contribution in [0.5, 0.6) is 0 Å². The van der Waals surface area contributed by atoms with Gasteiger partial charge in [-0.05, 0) is 12.5 Å². The standard InChI is InChI=1S/C15H20N2O6/c1-10(14(19)22-8-11-6-4-3-5-7-11)17-13(18)12(16)9-23-15(20)21-2/h3-7,10,12H,8-9,16H2,1-2H3,(H,17,18)/t10-,12?/m0/s1. The first kappa shape index (κ1) is 18.4. The molecule has 0 aliphatic rings. The van der Waals surface area contributed by atoms with Crippen molar-refractivity contribution in [1.29, 1.82) is 0 Å². The molecule has 0 aliphatic heterocycles. The lowest BCUT2D eigenvalue weighted by atomic mass is 10.2. The number of hydrogen-bond donors (Lipinski definition) is 2. The Labute approximate surface area is 133 Å². The number of benzene rings is 1. The number of carbonyl (C=O) groups excluding carboxylic acids is 3. The lowest BCUT2D eigenvalue weighted by molar-refractivity contribution is -0.148. The number of ether oxygens (including phenoxy) is 3. The second-order valence-electron chi connectivity index (χ2n) is 4.70. The molecule has 0 saturated carbocycles. The van der Waals surface area contributed by atoms with Crippen molar-refractivity contribution in [2.75, 3.05) is 13.7 Å². The lowest BCUT2D eigenvalue weighted by Gasteiger charge is -2.16. The van der Waals surface area contributed by atoms with Gasteiger partial charge in [0.1, 0.15) is 25.3 Å². The summed E-state index contributed by atoms with van der Waals surface area (Å²) in [4.78, 5) is 34.3. The fourth-order valence-corrected chi connectivity index (χ4v) is 1.53. The second-order valence-corrected chi connectivity index (χ2v) is 4.70. The molecular formula is C15H20N2O6. The molecule has 0 aliphatic carbocycles. The molecule has 0 spiro atoms. The highest BCUT2D eigenvalue weighted by Gasteiger charge is 2.22. The Balaban J connectivity index is 2.35. The Morgan fingerprint density at radius 1 is 1.17 bits per heavy atom. The molecule has 1 amide bonds. The average Bonchev–Trinajstić information content (AvgIpc) is 2.57. The van der Waals surface area contributed by atoms with E-state index >= 15 is 0 Å². The van der Waals surface area contributed by atoms with Crippen LogP contribution in [0.15, 0.2) is 30.3 Å². The van der Waals surface area contributed by atoms with Crippen molar-refractivity contribution in [3.05, 3.63) is 35.9 Å². The van der Waals surface area contributed by atoms with E-state index in [1.807, 2.05) is 30.3 Å². The number of methoxy groups -OCH3 is 1. The number of nitrogens with two attached hydrogens (primary N) is 1. The summed E-state index contributed by atoms with van der Waals surface area (Å²) < 4.78 is 13.9. The van der Waals surface area contributed by atoms with Gasteiger partial charge in [-0.15, -0.1) is 0 Å². The number of hydrogen-bond acceptors (Lipinski definition) is 7. The average molecular weight is 324 g/mol. The summed E-state index contributed by atoms with van der Waals surface area (Å²) >= 11 is 0. The fraction of sp³-hybridized carbons (Fsp3) is 0.400. The highest BCUT2D eigenvalue weighted by molar-refractivity contribution is 5.87. The Hall–Kier alpha value is -2.61. The zero-order chi connectivity index (χ0) is 17.2. The zero-order valence-corrected chi connectivity index (χ0v) is 13.0. The van der Waals surface area contributed by atoms with Crippen molar-refractivity contribution >= 4 is 18.0 Å². The minimum absolute atomic E-state index is 0.109. The molecule has 0 saturated heterocycles. The van der Waals surface area contributed by atoms with Gasteiger partial charge in [-0.2, -0.15) is 0 Å². The van der Waals surface area contributed by atoms with E-state index in [0.717, 1.165) is 12.7 Å². The van der Waals surface area contributed by atoms with E-state index < -0.39 is 30.1 Å². The topological polar surface area (TPSA) is 117 Å². The van der Waals surface area contributed by atoms with E-state index in [9.17, 15) is 14.4 Å². The third-order valence-corrected chi connectivity index (χ3v) is 2.82. The maximum absolute atomic E-state index is 11.8. The summed E-state index contributed by atoms with van der Waals surface area (Å²) in [7, 11) is 1.14. The Bertz CT molecular complexity index is 534. The number of carbonyl (C=O) groups is 3. The molecule has 0 bridgehead atoms. The molecular weight excluding hydrogens is 304 g/mol. The third kappa shape index (κ3) is 6.79. The molecule has 1 rings (SSSR count). The lowest BCUT2D eigenvalue weighted by Crippen LogP contribution is -2.49. The van der Waals surface area contributed by atoms with Crippen LogP contribution in [0.1, 0.15) is 12.5 Å². The predicted molar refractivity (Wildman–Crippen MR) is 80.2 cm³/mol. The minimum atomic E-state index is -1.11. The SMILES string of the molecule is COC(=O)OCC(N)C(=O)N[C@@H](C)C(=O)OCc1ccccc1. The van der Waals surface area contributed by atoms with Gasteiger partial charge in [0.2, 0.25) is 5.91 Å². The summed E-state index contributed by atoms with van der Waals surface area (Å²) in [5.74, 6) is -1.23. The fourth-order valence-electron chi connectivity index (χ4n) is 1.53. The maximum atomic E-state index is 11.8. The van der Waals surface area contributed by atoms with Gasteiger partial charge in [0, 0.05) is 0 Å². The molecule has 1 aromatic carbocycles. The quantitative estimate of drug-likeness (QED) is 0.695. The van der Waals surface area contributed by atoms with Gasteiger partial charge in [0.15, 0.2) is 0 Å². The first-order valence-electron chi connectivity index (χ1n) is 6.91. The molecule has 8 nitrogen and oxygen atoms in total. The number of esters is 1. The molecule has 0 radical (unpaired) electrons. The van der Waals surface area contributed by atoms with Crippen LogP contribution in [0.25, 0.3) is 0 Å². The normalized spacial score (nSPS) is 12.7. The third-order valence-electron chi connectivity index (χ3n) is 2.82. The maximum Gasteiger partial charge on any atom is 0.508 e. The van der Waals surface area contributed by atoms with Crippen molar-refractivity contribution in [2.45, 2.75) is 25.6 Å². The molecule has 3 N–H and O–H groups in total. The van der Waals surface area contributed by atoms with Crippen molar-refractivity contribution in [2.24, 2.45) is 5.73 Å². The van der Waals surface area contributed by atoms with E-state index in [0.29, 0.717) is 0 Å². The molecule has 1 unspecified atom stereocenters. The smallest absolute Gasteiger partial charge is 0.459 e. The van der Waals surface area contributed by atoms with Crippen LogP contribution in [-0.2, 0) is 30.4 Å². The summed E-state index contributed by atoms with van der Waals surface area (Å²) in [6.45, 7) is 1.22. The number of rotatable bonds is 7. The zero-order valence-electron chi connectivity index (χ0n) is 13.0. The molecule has 0 heterocycles. The molecule has 1 aromatic rings. The van der Waals surface area contributed by atoms with Crippen LogP contribution >= 0.6 is 0 Å². The Morgan fingerprint density at radius 2 is 1.83 bits per heavy atom. The summed E-state index contributed by atoms with van der Waals surface area (Å²) in [6, 6.07) is 7.15. The van der Waals surface area contributed by atoms with Crippen molar-refractivity contribution in [3.8, 4) is 0 Å². The highest BCUT2D eigenvalue weighted by atomic mass is 16.7. The van der Waals surface area contributed by atoms with E-state index in [1.54, 1.807) is 0 Å². The summed E-state index contributed by atoms with van der Waals surface area (Å²) in [6.07, 6.45) is -0.941. The van der Waals surface area contributed by atoms with Gasteiger partial charge < -0.3 is 25.3 Å². The Morgan fingerprint density at radius 3 is 2.43 bits per heavy atom. The van der Waals surface area contributed by atoms with Gasteiger partial charge in [0.05, 0.1) is 7.11 Å². The van der Waals surface area contributed by atoms with Crippen molar-refractivity contribution < 1.29 is 28.6 Å². The summed E-state index contributed by atoms with van der Waals surface area (Å²) in [5.41, 5.74) is 6.37. The molecule has 126 valence electrons. The van der Waals surface area contributed by atoms with E-state index in [-0.39, 0.29) is 13.2 Å². The first-order chi connectivity index (χ1) is 10.9. The van der Waals surface area contributed by atoms with Gasteiger partial charge in [-0.3, -0.25) is 4.79 Å². The molecule has 0 fully saturated rings. The van der Waals surface area contributed by atoms with Crippen LogP contribution in [0.3, 0.4) is 0 Å². The van der Waals surface area contributed by atoms with Crippen molar-refractivity contribution in [1.82, 2.24) is 5.32 Å². The number of nitrogens with one attached hydrogen (secondary N) is 1. The van der Waals surface area contributed by atoms with Crippen LogP contribution < -0.4 is 11.1 Å². The van der Waals surface area contributed by atoms with Gasteiger partial charge in [-0.25, -0.2) is 9.59 Å². The molecule has 8 heteroatoms. The largest absolute Gasteiger partial charge is 0.508 e. The molecule has 0 aromatic heterocycles. The Kier molecular flexibility index (Phi) is 7.55. The summed E-state index contributed by atoms with van der Waals surface area (Å²) in [5, 5.41) is 2.39. The van der Waals surface area contributed by atoms with Gasteiger partial charge in [0.25, 0.3) is 0 Å². The second kappa shape index (κ2) is 9.42. The van der Waals surface area contributed by atoms with E-state index in [4.69, 9.17) is 10.5 Å². The van der Waals surface area contributed by atoms with Crippen LogP contribution in [0, 0.1) is 0 Å². The number of amides is 1. The van der Waals surface area contributed by atoms with Gasteiger partial charge in [-0.1, -0.05) is 30.3 Å². The minimum Gasteiger partial charge on any atom is -0.459 e. The highest BCUT2D eigenvalue weighted by Crippen LogP contribution is 2.02. The van der Waals surface area contributed by atoms with Crippen LogP contribution in [0.2, 0.25) is 0 Å². The van der Waals surface area contributed by atoms with Gasteiger partial charge >= 0.3 is 12.1 Å². The molecule has 2 atom stereocenters. The van der Waals surface area contributed by atoms with Crippen molar-refractivity contribution in [3.63, 3.8) is 0 Å². The predicted octanol–water partition coefficient (Wildman–Crippen LogP) is 0.345. The molecule has 23 heavy (non-hydrogen) atoms. The first-order valence-corrected chi connectivity index (χ1v) is 6.91. The van der Waals surface area contributed by atoms with E-state index in [1.165, 1.54) is 6.92 Å². The van der Waals surface area contributed by atoms with Crippen LogP contribution in [0.4, 0.5) is 4.79 Å². The monoisotopic (exact) mass is 324 g/mol. The van der Waals surface area contributed by atoms with E-state index in [2.05, 4.69) is 14.8 Å².